The molecule has 0 aliphatic rings. The molecule has 1 aromatic carbocycles. The summed E-state index contributed by atoms with van der Waals surface area (Å²) in [6.45, 7) is 0.568. The first-order valence-electron chi connectivity index (χ1n) is 6.11. The summed E-state index contributed by atoms with van der Waals surface area (Å²) >= 11 is 1.22. The Morgan fingerprint density at radius 3 is 2.75 bits per heavy atom. The number of nitrogens with zero attached hydrogens (tertiary/aromatic N) is 2. The standard InChI is InChI=1S/C14H15N3O2S/c1-17(9-11-5-3-2-4-6-11)13(19)10-20-14-15-8-7-12(18)16-14/h2-8H,9-10H2,1H3,(H,15,16,18). The first-order chi connectivity index (χ1) is 9.65. The minimum absolute atomic E-state index is 0.00893. The fourth-order valence-electron chi connectivity index (χ4n) is 1.61. The van der Waals surface area contributed by atoms with Crippen LogP contribution in [0.4, 0.5) is 0 Å². The Balaban J connectivity index is 1.87. The van der Waals surface area contributed by atoms with Gasteiger partial charge in [0.05, 0.1) is 5.75 Å². The molecule has 104 valence electrons. The number of benzene rings is 1. The van der Waals surface area contributed by atoms with Crippen LogP contribution in [0, 0.1) is 0 Å². The van der Waals surface area contributed by atoms with Crippen molar-refractivity contribution in [1.82, 2.24) is 14.9 Å². The maximum atomic E-state index is 12.0. The monoisotopic (exact) mass is 289 g/mol. The van der Waals surface area contributed by atoms with Crippen LogP contribution in [0.3, 0.4) is 0 Å². The van der Waals surface area contributed by atoms with Gasteiger partial charge in [-0.2, -0.15) is 0 Å². The number of carbonyl (C=O) groups excluding carboxylic acids is 1. The zero-order chi connectivity index (χ0) is 14.4. The van der Waals surface area contributed by atoms with Gasteiger partial charge < -0.3 is 9.88 Å². The van der Waals surface area contributed by atoms with Crippen LogP contribution in [0.15, 0.2) is 52.5 Å². The van der Waals surface area contributed by atoms with Crippen LogP contribution >= 0.6 is 11.8 Å². The van der Waals surface area contributed by atoms with Gasteiger partial charge in [0.1, 0.15) is 0 Å². The molecule has 1 amide bonds. The second-order valence-electron chi connectivity index (χ2n) is 4.26. The van der Waals surface area contributed by atoms with Gasteiger partial charge in [-0.25, -0.2) is 4.98 Å². The lowest BCUT2D eigenvalue weighted by atomic mass is 10.2. The Bertz CT molecular complexity index is 628. The third kappa shape index (κ3) is 4.24. The Morgan fingerprint density at radius 2 is 2.05 bits per heavy atom. The average molecular weight is 289 g/mol. The van der Waals surface area contributed by atoms with Crippen molar-refractivity contribution < 1.29 is 4.79 Å². The number of carbonyl (C=O) groups is 1. The van der Waals surface area contributed by atoms with Crippen molar-refractivity contribution in [3.8, 4) is 0 Å². The number of nitrogens with one attached hydrogen (secondary N) is 1. The van der Waals surface area contributed by atoms with E-state index < -0.39 is 0 Å². The smallest absolute Gasteiger partial charge is 0.251 e. The van der Waals surface area contributed by atoms with Gasteiger partial charge in [-0.3, -0.25) is 9.59 Å². The third-order valence-electron chi connectivity index (χ3n) is 2.67. The van der Waals surface area contributed by atoms with Gasteiger partial charge >= 0.3 is 0 Å². The molecule has 0 atom stereocenters. The number of hydrogen-bond acceptors (Lipinski definition) is 4. The summed E-state index contributed by atoms with van der Waals surface area (Å²) in [7, 11) is 1.76. The zero-order valence-corrected chi connectivity index (χ0v) is 11.9. The Labute approximate surface area is 121 Å². The van der Waals surface area contributed by atoms with E-state index in [9.17, 15) is 9.59 Å². The maximum Gasteiger partial charge on any atom is 0.251 e. The number of H-pyrrole nitrogens is 1. The second kappa shape index (κ2) is 6.91. The molecule has 0 fully saturated rings. The molecule has 1 aromatic heterocycles. The topological polar surface area (TPSA) is 66.1 Å². The van der Waals surface area contributed by atoms with E-state index in [1.54, 1.807) is 11.9 Å². The van der Waals surface area contributed by atoms with E-state index in [0.29, 0.717) is 11.7 Å². The van der Waals surface area contributed by atoms with Crippen molar-refractivity contribution in [1.29, 1.82) is 0 Å². The van der Waals surface area contributed by atoms with Crippen LogP contribution in [-0.2, 0) is 11.3 Å². The molecule has 0 aliphatic carbocycles. The normalized spacial score (nSPS) is 10.2. The van der Waals surface area contributed by atoms with Gasteiger partial charge in [0, 0.05) is 25.9 Å². The predicted molar refractivity (Wildman–Crippen MR) is 78.5 cm³/mol. The van der Waals surface area contributed by atoms with E-state index in [-0.39, 0.29) is 17.2 Å². The van der Waals surface area contributed by atoms with Crippen molar-refractivity contribution in [2.24, 2.45) is 0 Å². The molecule has 6 heteroatoms. The van der Waals surface area contributed by atoms with Crippen molar-refractivity contribution >= 4 is 17.7 Å². The second-order valence-corrected chi connectivity index (χ2v) is 5.23. The molecule has 0 aliphatic heterocycles. The lowest BCUT2D eigenvalue weighted by molar-refractivity contribution is -0.127. The number of thioether (sulfide) groups is 1. The van der Waals surface area contributed by atoms with Crippen molar-refractivity contribution in [3.05, 3.63) is 58.5 Å². The van der Waals surface area contributed by atoms with E-state index in [2.05, 4.69) is 9.97 Å². The molecular weight excluding hydrogens is 274 g/mol. The summed E-state index contributed by atoms with van der Waals surface area (Å²) in [5.74, 6) is 0.237. The molecule has 2 rings (SSSR count). The highest BCUT2D eigenvalue weighted by Gasteiger charge is 2.10. The lowest BCUT2D eigenvalue weighted by Gasteiger charge is -2.16. The summed E-state index contributed by atoms with van der Waals surface area (Å²) in [6, 6.07) is 11.1. The summed E-state index contributed by atoms with van der Waals surface area (Å²) in [6.07, 6.45) is 1.43. The minimum atomic E-state index is -0.215. The van der Waals surface area contributed by atoms with E-state index >= 15 is 0 Å². The zero-order valence-electron chi connectivity index (χ0n) is 11.1. The van der Waals surface area contributed by atoms with Crippen LogP contribution in [0.1, 0.15) is 5.56 Å². The minimum Gasteiger partial charge on any atom is -0.341 e. The molecule has 1 heterocycles. The van der Waals surface area contributed by atoms with Gasteiger partial charge in [-0.15, -0.1) is 0 Å². The van der Waals surface area contributed by atoms with Crippen LogP contribution in [0.25, 0.3) is 0 Å². The predicted octanol–water partition coefficient (Wildman–Crippen LogP) is 1.52. The molecule has 0 unspecified atom stereocenters. The van der Waals surface area contributed by atoms with Gasteiger partial charge in [-0.1, -0.05) is 42.1 Å². The van der Waals surface area contributed by atoms with Crippen molar-refractivity contribution in [2.45, 2.75) is 11.7 Å². The molecule has 0 radical (unpaired) electrons. The molecule has 0 saturated heterocycles. The summed E-state index contributed by atoms with van der Waals surface area (Å²) < 4.78 is 0. The number of aromatic nitrogens is 2. The summed E-state index contributed by atoms with van der Waals surface area (Å²) in [5, 5.41) is 0.457. The number of amides is 1. The Morgan fingerprint density at radius 1 is 1.30 bits per heavy atom. The molecule has 0 bridgehead atoms. The fourth-order valence-corrected chi connectivity index (χ4v) is 2.40. The van der Waals surface area contributed by atoms with Gasteiger partial charge in [0.15, 0.2) is 5.16 Å². The van der Waals surface area contributed by atoms with Crippen LogP contribution in [0.5, 0.6) is 0 Å². The van der Waals surface area contributed by atoms with Crippen molar-refractivity contribution in [2.75, 3.05) is 12.8 Å². The van der Waals surface area contributed by atoms with Crippen molar-refractivity contribution in [3.63, 3.8) is 0 Å². The fraction of sp³-hybridized carbons (Fsp3) is 0.214. The number of rotatable bonds is 5. The average Bonchev–Trinajstić information content (AvgIpc) is 2.46. The number of aromatic amines is 1. The van der Waals surface area contributed by atoms with E-state index in [0.717, 1.165) is 5.56 Å². The van der Waals surface area contributed by atoms with Gasteiger partial charge in [0.25, 0.3) is 5.56 Å². The largest absolute Gasteiger partial charge is 0.341 e. The highest BCUT2D eigenvalue weighted by Crippen LogP contribution is 2.11. The quantitative estimate of drug-likeness (QED) is 0.669. The van der Waals surface area contributed by atoms with Crippen LogP contribution in [-0.4, -0.2) is 33.6 Å². The Hall–Kier alpha value is -2.08. The van der Waals surface area contributed by atoms with E-state index in [1.165, 1.54) is 24.0 Å². The molecular formula is C14H15N3O2S. The van der Waals surface area contributed by atoms with Crippen LogP contribution < -0.4 is 5.56 Å². The van der Waals surface area contributed by atoms with Gasteiger partial charge in [-0.05, 0) is 5.56 Å². The molecule has 0 saturated carbocycles. The lowest BCUT2D eigenvalue weighted by Crippen LogP contribution is -2.27. The van der Waals surface area contributed by atoms with E-state index in [4.69, 9.17) is 0 Å². The molecule has 20 heavy (non-hydrogen) atoms. The summed E-state index contributed by atoms with van der Waals surface area (Å²) in [4.78, 5) is 31.3. The first-order valence-corrected chi connectivity index (χ1v) is 7.10. The SMILES string of the molecule is CN(Cc1ccccc1)C(=O)CSc1nccc(=O)[nH]1. The maximum absolute atomic E-state index is 12.0. The molecule has 0 spiro atoms. The summed E-state index contributed by atoms with van der Waals surface area (Å²) in [5.41, 5.74) is 0.868. The van der Waals surface area contributed by atoms with Crippen LogP contribution in [0.2, 0.25) is 0 Å². The highest BCUT2D eigenvalue weighted by atomic mass is 32.2. The number of hydrogen-bond donors (Lipinski definition) is 1. The van der Waals surface area contributed by atoms with Gasteiger partial charge in [0.2, 0.25) is 5.91 Å². The first kappa shape index (κ1) is 14.3. The Kier molecular flexibility index (Phi) is 4.95. The highest BCUT2D eigenvalue weighted by molar-refractivity contribution is 7.99. The molecule has 2 aromatic rings. The molecule has 5 nitrogen and oxygen atoms in total. The third-order valence-corrected chi connectivity index (χ3v) is 3.54. The molecule has 1 N–H and O–H groups in total. The van der Waals surface area contributed by atoms with E-state index in [1.807, 2.05) is 30.3 Å².